The molecular weight excluding hydrogens is 237 g/mol. The molecule has 1 heterocycles. The van der Waals surface area contributed by atoms with Crippen LogP contribution in [-0.2, 0) is 11.6 Å². The van der Waals surface area contributed by atoms with Crippen molar-refractivity contribution in [1.82, 2.24) is 9.97 Å². The number of rotatable bonds is 1. The molecule has 17 heavy (non-hydrogen) atoms. The first-order valence-corrected chi connectivity index (χ1v) is 4.71. The van der Waals surface area contributed by atoms with E-state index in [1.165, 1.54) is 0 Å². The van der Waals surface area contributed by atoms with Crippen molar-refractivity contribution in [3.05, 3.63) is 23.3 Å². The Balaban J connectivity index is 3.46. The van der Waals surface area contributed by atoms with E-state index in [-0.39, 0.29) is 5.82 Å². The lowest BCUT2D eigenvalue weighted by atomic mass is 9.95. The number of carboxylic acid groups (broad SMARTS) is 1. The Hall–Kier alpha value is -1.66. The van der Waals surface area contributed by atoms with Gasteiger partial charge in [0, 0.05) is 11.6 Å². The van der Waals surface area contributed by atoms with Gasteiger partial charge in [0.1, 0.15) is 11.4 Å². The standard InChI is InChI=1S/C10H11F3N2O2/c1-9(2,3)8-14-4-5(7(16)17)6(15-8)10(11,12)13/h4H,1-3H3,(H,16,17). The molecule has 0 aliphatic carbocycles. The van der Waals surface area contributed by atoms with Gasteiger partial charge in [-0.2, -0.15) is 13.2 Å². The van der Waals surface area contributed by atoms with Crippen molar-refractivity contribution in [1.29, 1.82) is 0 Å². The average molecular weight is 248 g/mol. The highest BCUT2D eigenvalue weighted by atomic mass is 19.4. The largest absolute Gasteiger partial charge is 0.478 e. The molecular formula is C10H11F3N2O2. The van der Waals surface area contributed by atoms with Crippen molar-refractivity contribution in [3.8, 4) is 0 Å². The smallest absolute Gasteiger partial charge is 0.434 e. The maximum absolute atomic E-state index is 12.6. The van der Waals surface area contributed by atoms with E-state index in [4.69, 9.17) is 5.11 Å². The van der Waals surface area contributed by atoms with E-state index >= 15 is 0 Å². The third-order valence-electron chi connectivity index (χ3n) is 1.96. The highest BCUT2D eigenvalue weighted by Crippen LogP contribution is 2.31. The third-order valence-corrected chi connectivity index (χ3v) is 1.96. The summed E-state index contributed by atoms with van der Waals surface area (Å²) in [6, 6.07) is 0. The van der Waals surface area contributed by atoms with E-state index in [1.54, 1.807) is 20.8 Å². The molecule has 0 amide bonds. The van der Waals surface area contributed by atoms with Crippen LogP contribution in [0.25, 0.3) is 0 Å². The lowest BCUT2D eigenvalue weighted by molar-refractivity contribution is -0.142. The maximum atomic E-state index is 12.6. The molecule has 4 nitrogen and oxygen atoms in total. The quantitative estimate of drug-likeness (QED) is 0.829. The van der Waals surface area contributed by atoms with Gasteiger partial charge >= 0.3 is 12.1 Å². The molecule has 0 saturated carbocycles. The van der Waals surface area contributed by atoms with E-state index in [0.717, 1.165) is 0 Å². The molecule has 1 rings (SSSR count). The molecule has 0 saturated heterocycles. The molecule has 0 aliphatic heterocycles. The van der Waals surface area contributed by atoms with Gasteiger partial charge in [0.25, 0.3) is 0 Å². The Morgan fingerprint density at radius 3 is 2.18 bits per heavy atom. The lowest BCUT2D eigenvalue weighted by Gasteiger charge is -2.18. The summed E-state index contributed by atoms with van der Waals surface area (Å²) in [7, 11) is 0. The van der Waals surface area contributed by atoms with Gasteiger partial charge in [0.05, 0.1) is 0 Å². The van der Waals surface area contributed by atoms with Crippen molar-refractivity contribution in [3.63, 3.8) is 0 Å². The fraction of sp³-hybridized carbons (Fsp3) is 0.500. The number of alkyl halides is 3. The van der Waals surface area contributed by atoms with Crippen LogP contribution in [0.4, 0.5) is 13.2 Å². The number of aromatic carboxylic acids is 1. The van der Waals surface area contributed by atoms with Gasteiger partial charge in [0.15, 0.2) is 5.69 Å². The highest BCUT2D eigenvalue weighted by molar-refractivity contribution is 5.88. The second-order valence-corrected chi connectivity index (χ2v) is 4.51. The van der Waals surface area contributed by atoms with Crippen LogP contribution in [0.15, 0.2) is 6.20 Å². The van der Waals surface area contributed by atoms with Crippen molar-refractivity contribution in [2.75, 3.05) is 0 Å². The van der Waals surface area contributed by atoms with Gasteiger partial charge in [-0.1, -0.05) is 20.8 Å². The first-order chi connectivity index (χ1) is 7.53. The zero-order valence-electron chi connectivity index (χ0n) is 9.46. The third kappa shape index (κ3) is 2.92. The van der Waals surface area contributed by atoms with Crippen LogP contribution in [0.1, 0.15) is 42.6 Å². The van der Waals surface area contributed by atoms with Crippen molar-refractivity contribution < 1.29 is 23.1 Å². The number of nitrogens with zero attached hydrogens (tertiary/aromatic N) is 2. The molecule has 0 fully saturated rings. The summed E-state index contributed by atoms with van der Waals surface area (Å²) in [6.07, 6.45) is -4.12. The van der Waals surface area contributed by atoms with E-state index in [0.29, 0.717) is 6.20 Å². The summed E-state index contributed by atoms with van der Waals surface area (Å²) in [4.78, 5) is 17.6. The van der Waals surface area contributed by atoms with Gasteiger partial charge in [-0.15, -0.1) is 0 Å². The highest BCUT2D eigenvalue weighted by Gasteiger charge is 2.39. The summed E-state index contributed by atoms with van der Waals surface area (Å²) in [5, 5.41) is 8.64. The second-order valence-electron chi connectivity index (χ2n) is 4.51. The first kappa shape index (κ1) is 13.4. The van der Waals surface area contributed by atoms with Crippen LogP contribution in [0, 0.1) is 0 Å². The number of aromatic nitrogens is 2. The monoisotopic (exact) mass is 248 g/mol. The summed E-state index contributed by atoms with van der Waals surface area (Å²) >= 11 is 0. The van der Waals surface area contributed by atoms with Crippen molar-refractivity contribution in [2.45, 2.75) is 32.4 Å². The molecule has 1 aromatic rings. The fourth-order valence-electron chi connectivity index (χ4n) is 1.12. The van der Waals surface area contributed by atoms with E-state index in [1.807, 2.05) is 0 Å². The predicted octanol–water partition coefficient (Wildman–Crippen LogP) is 2.49. The molecule has 0 aromatic carbocycles. The molecule has 0 atom stereocenters. The predicted molar refractivity (Wildman–Crippen MR) is 52.7 cm³/mol. The zero-order valence-corrected chi connectivity index (χ0v) is 9.46. The Labute approximate surface area is 95.5 Å². The molecule has 0 radical (unpaired) electrons. The summed E-state index contributed by atoms with van der Waals surface area (Å²) < 4.78 is 37.9. The molecule has 0 aliphatic rings. The minimum atomic E-state index is -4.81. The van der Waals surface area contributed by atoms with Gasteiger partial charge in [0.2, 0.25) is 0 Å². The van der Waals surface area contributed by atoms with Crippen LogP contribution >= 0.6 is 0 Å². The number of halogens is 3. The molecule has 0 bridgehead atoms. The Morgan fingerprint density at radius 2 is 1.82 bits per heavy atom. The Kier molecular flexibility index (Phi) is 3.13. The van der Waals surface area contributed by atoms with E-state index in [9.17, 15) is 18.0 Å². The van der Waals surface area contributed by atoms with Crippen molar-refractivity contribution in [2.24, 2.45) is 0 Å². The molecule has 1 N–H and O–H groups in total. The fourth-order valence-corrected chi connectivity index (χ4v) is 1.12. The number of carboxylic acids is 1. The molecule has 0 unspecified atom stereocenters. The SMILES string of the molecule is CC(C)(C)c1ncc(C(=O)O)c(C(F)(F)F)n1. The first-order valence-electron chi connectivity index (χ1n) is 4.71. The molecule has 0 spiro atoms. The van der Waals surface area contributed by atoms with E-state index < -0.39 is 28.8 Å². The van der Waals surface area contributed by atoms with Crippen LogP contribution in [0.2, 0.25) is 0 Å². The summed E-state index contributed by atoms with van der Waals surface area (Å²) in [5.41, 5.74) is -3.03. The minimum Gasteiger partial charge on any atom is -0.478 e. The van der Waals surface area contributed by atoms with Crippen LogP contribution in [-0.4, -0.2) is 21.0 Å². The minimum absolute atomic E-state index is 0.0465. The van der Waals surface area contributed by atoms with Gasteiger partial charge < -0.3 is 5.11 Å². The maximum Gasteiger partial charge on any atom is 0.434 e. The lowest BCUT2D eigenvalue weighted by Crippen LogP contribution is -2.23. The second kappa shape index (κ2) is 3.97. The molecule has 1 aromatic heterocycles. The van der Waals surface area contributed by atoms with Crippen LogP contribution in [0.3, 0.4) is 0 Å². The summed E-state index contributed by atoms with van der Waals surface area (Å²) in [5.74, 6) is -1.74. The van der Waals surface area contributed by atoms with E-state index in [2.05, 4.69) is 9.97 Å². The summed E-state index contributed by atoms with van der Waals surface area (Å²) in [6.45, 7) is 4.93. The van der Waals surface area contributed by atoms with Gasteiger partial charge in [-0.3, -0.25) is 0 Å². The average Bonchev–Trinajstić information content (AvgIpc) is 2.14. The van der Waals surface area contributed by atoms with Gasteiger partial charge in [-0.25, -0.2) is 14.8 Å². The zero-order chi connectivity index (χ0) is 13.4. The normalized spacial score (nSPS) is 12.6. The van der Waals surface area contributed by atoms with Crippen LogP contribution < -0.4 is 0 Å². The Bertz CT molecular complexity index is 450. The number of carbonyl (C=O) groups is 1. The number of hydrogen-bond acceptors (Lipinski definition) is 3. The number of hydrogen-bond donors (Lipinski definition) is 1. The van der Waals surface area contributed by atoms with Crippen molar-refractivity contribution >= 4 is 5.97 Å². The van der Waals surface area contributed by atoms with Crippen LogP contribution in [0.5, 0.6) is 0 Å². The topological polar surface area (TPSA) is 63.1 Å². The molecule has 94 valence electrons. The molecule has 7 heteroatoms. The Morgan fingerprint density at radius 1 is 1.29 bits per heavy atom. The van der Waals surface area contributed by atoms with Gasteiger partial charge in [-0.05, 0) is 0 Å².